The topological polar surface area (TPSA) is 119 Å². The minimum Gasteiger partial charge on any atom is -0.490 e. The second-order valence-corrected chi connectivity index (χ2v) is 14.3. The number of carbonyl (C=O) groups is 2. The third-order valence-electron chi connectivity index (χ3n) is 7.80. The quantitative estimate of drug-likeness (QED) is 0.0724. The summed E-state index contributed by atoms with van der Waals surface area (Å²) in [7, 11) is 0. The molecule has 0 saturated heterocycles. The fourth-order valence-corrected chi connectivity index (χ4v) is 5.07. The molecule has 0 aliphatic heterocycles. The van der Waals surface area contributed by atoms with Gasteiger partial charge in [-0.3, -0.25) is 9.59 Å². The standard InChI is InChI=1S/C42H56N2O6/c1-9-47-37-27-31(25-33(29-43)39(45)41(3,4)5)19-21-35(37)49-23-17-15-13-11-12-14-16-18-24-50-36-22-20-32(28-38(36)48-10-2)26-34(30-44)40(46)42(6,7)8/h19-22,25-28H,9-18,23-24H2,1-8H3. The second-order valence-electron chi connectivity index (χ2n) is 14.3. The van der Waals surface area contributed by atoms with Crippen LogP contribution in [0.15, 0.2) is 47.5 Å². The summed E-state index contributed by atoms with van der Waals surface area (Å²) in [5.41, 5.74) is 0.430. The van der Waals surface area contributed by atoms with Gasteiger partial charge in [0.1, 0.15) is 12.1 Å². The van der Waals surface area contributed by atoms with Crippen molar-refractivity contribution >= 4 is 23.7 Å². The fourth-order valence-electron chi connectivity index (χ4n) is 5.07. The van der Waals surface area contributed by atoms with Gasteiger partial charge in [-0.05, 0) is 74.2 Å². The van der Waals surface area contributed by atoms with Crippen LogP contribution >= 0.6 is 0 Å². The van der Waals surface area contributed by atoms with E-state index in [1.54, 1.807) is 53.7 Å². The van der Waals surface area contributed by atoms with E-state index in [9.17, 15) is 20.1 Å². The molecular weight excluding hydrogens is 628 g/mol. The summed E-state index contributed by atoms with van der Waals surface area (Å²) in [6.07, 6.45) is 11.9. The van der Waals surface area contributed by atoms with Crippen molar-refractivity contribution in [2.45, 2.75) is 107 Å². The summed E-state index contributed by atoms with van der Waals surface area (Å²) < 4.78 is 23.6. The van der Waals surface area contributed by atoms with E-state index in [0.29, 0.717) is 49.4 Å². The molecule has 0 aliphatic carbocycles. The van der Waals surface area contributed by atoms with Crippen molar-refractivity contribution in [1.29, 1.82) is 10.5 Å². The molecule has 270 valence electrons. The van der Waals surface area contributed by atoms with E-state index in [-0.39, 0.29) is 22.7 Å². The minimum atomic E-state index is -0.631. The van der Waals surface area contributed by atoms with E-state index in [4.69, 9.17) is 18.9 Å². The molecular formula is C42H56N2O6. The lowest BCUT2D eigenvalue weighted by Gasteiger charge is -2.16. The van der Waals surface area contributed by atoms with Crippen molar-refractivity contribution in [3.63, 3.8) is 0 Å². The van der Waals surface area contributed by atoms with Crippen LogP contribution in [-0.4, -0.2) is 38.0 Å². The van der Waals surface area contributed by atoms with Crippen LogP contribution in [0.1, 0.15) is 118 Å². The van der Waals surface area contributed by atoms with Gasteiger partial charge in [-0.2, -0.15) is 10.5 Å². The number of carbonyl (C=O) groups excluding carboxylic acids is 2. The van der Waals surface area contributed by atoms with Gasteiger partial charge in [-0.1, -0.05) is 92.2 Å². The smallest absolute Gasteiger partial charge is 0.178 e. The monoisotopic (exact) mass is 684 g/mol. The first kappa shape index (κ1) is 41.6. The Hall–Kier alpha value is -4.56. The zero-order chi connectivity index (χ0) is 37.2. The Labute approximate surface area is 300 Å². The van der Waals surface area contributed by atoms with Crippen molar-refractivity contribution in [1.82, 2.24) is 0 Å². The van der Waals surface area contributed by atoms with Gasteiger partial charge in [-0.15, -0.1) is 0 Å². The Kier molecular flexibility index (Phi) is 17.3. The maximum atomic E-state index is 12.6. The molecule has 0 aliphatic rings. The van der Waals surface area contributed by atoms with Crippen molar-refractivity contribution in [3.05, 3.63) is 58.7 Å². The second kappa shape index (κ2) is 20.8. The highest BCUT2D eigenvalue weighted by molar-refractivity contribution is 6.06. The lowest BCUT2D eigenvalue weighted by molar-refractivity contribution is -0.122. The van der Waals surface area contributed by atoms with Gasteiger partial charge >= 0.3 is 0 Å². The third-order valence-corrected chi connectivity index (χ3v) is 7.80. The Balaban J connectivity index is 1.72. The maximum Gasteiger partial charge on any atom is 0.178 e. The Morgan fingerprint density at radius 1 is 0.560 bits per heavy atom. The highest BCUT2D eigenvalue weighted by atomic mass is 16.5. The van der Waals surface area contributed by atoms with E-state index in [2.05, 4.69) is 0 Å². The molecule has 0 radical (unpaired) electrons. The Bertz CT molecular complexity index is 1440. The molecule has 0 N–H and O–H groups in total. The Morgan fingerprint density at radius 3 is 1.20 bits per heavy atom. The number of allylic oxidation sites excluding steroid dienone is 2. The third kappa shape index (κ3) is 14.1. The first-order valence-corrected chi connectivity index (χ1v) is 17.9. The van der Waals surface area contributed by atoms with Crippen molar-refractivity contribution < 1.29 is 28.5 Å². The molecule has 8 heteroatoms. The first-order chi connectivity index (χ1) is 23.7. The van der Waals surface area contributed by atoms with E-state index in [1.807, 2.05) is 62.4 Å². The molecule has 8 nitrogen and oxygen atoms in total. The van der Waals surface area contributed by atoms with Crippen LogP contribution in [0.5, 0.6) is 23.0 Å². The number of hydrogen-bond acceptors (Lipinski definition) is 8. The van der Waals surface area contributed by atoms with Gasteiger partial charge in [0.15, 0.2) is 34.6 Å². The van der Waals surface area contributed by atoms with Crippen LogP contribution in [0.2, 0.25) is 0 Å². The van der Waals surface area contributed by atoms with Gasteiger partial charge in [-0.25, -0.2) is 0 Å². The number of rotatable bonds is 21. The first-order valence-electron chi connectivity index (χ1n) is 17.9. The van der Waals surface area contributed by atoms with Crippen molar-refractivity contribution in [2.75, 3.05) is 26.4 Å². The average Bonchev–Trinajstić information content (AvgIpc) is 3.06. The molecule has 0 fully saturated rings. The van der Waals surface area contributed by atoms with Gasteiger partial charge < -0.3 is 18.9 Å². The molecule has 0 bridgehead atoms. The fraction of sp³-hybridized carbons (Fsp3) is 0.524. The summed E-state index contributed by atoms with van der Waals surface area (Å²) in [6, 6.07) is 15.1. The largest absolute Gasteiger partial charge is 0.490 e. The molecule has 0 unspecified atom stereocenters. The predicted molar refractivity (Wildman–Crippen MR) is 199 cm³/mol. The number of unbranched alkanes of at least 4 members (excludes halogenated alkanes) is 7. The van der Waals surface area contributed by atoms with Crippen LogP contribution < -0.4 is 18.9 Å². The van der Waals surface area contributed by atoms with Crippen LogP contribution in [0.25, 0.3) is 12.2 Å². The molecule has 2 rings (SSSR count). The lowest BCUT2D eigenvalue weighted by atomic mass is 9.86. The predicted octanol–water partition coefficient (Wildman–Crippen LogP) is 10.1. The number of ketones is 2. The number of nitriles is 2. The summed E-state index contributed by atoms with van der Waals surface area (Å²) in [5, 5.41) is 19.0. The van der Waals surface area contributed by atoms with Gasteiger partial charge in [0.25, 0.3) is 0 Å². The molecule has 0 atom stereocenters. The molecule has 0 aromatic heterocycles. The lowest BCUT2D eigenvalue weighted by Crippen LogP contribution is -2.21. The zero-order valence-corrected chi connectivity index (χ0v) is 31.4. The van der Waals surface area contributed by atoms with Crippen molar-refractivity contribution in [2.24, 2.45) is 10.8 Å². The van der Waals surface area contributed by atoms with Crippen LogP contribution in [0, 0.1) is 33.5 Å². The molecule has 0 amide bonds. The molecule has 0 saturated carbocycles. The van der Waals surface area contributed by atoms with Crippen LogP contribution in [0.4, 0.5) is 0 Å². The highest BCUT2D eigenvalue weighted by Crippen LogP contribution is 2.32. The SMILES string of the molecule is CCOc1cc(C=C(C#N)C(=O)C(C)(C)C)ccc1OCCCCCCCCCCOc1ccc(C=C(C#N)C(=O)C(C)(C)C)cc1OCC. The number of benzene rings is 2. The molecule has 0 spiro atoms. The number of hydrogen-bond donors (Lipinski definition) is 0. The molecule has 0 heterocycles. The van der Waals surface area contributed by atoms with Crippen LogP contribution in [0.3, 0.4) is 0 Å². The minimum absolute atomic E-state index is 0.123. The zero-order valence-electron chi connectivity index (χ0n) is 31.4. The van der Waals surface area contributed by atoms with E-state index in [0.717, 1.165) is 49.7 Å². The summed E-state index contributed by atoms with van der Waals surface area (Å²) in [6.45, 7) is 16.8. The number of Topliss-reactive ketones (excluding diaryl/α,β-unsaturated/α-hetero) is 2. The molecule has 50 heavy (non-hydrogen) atoms. The summed E-state index contributed by atoms with van der Waals surface area (Å²) >= 11 is 0. The van der Waals surface area contributed by atoms with E-state index < -0.39 is 10.8 Å². The van der Waals surface area contributed by atoms with Crippen molar-refractivity contribution in [3.8, 4) is 35.1 Å². The number of nitrogens with zero attached hydrogens (tertiary/aromatic N) is 2. The van der Waals surface area contributed by atoms with Gasteiger partial charge in [0.2, 0.25) is 0 Å². The number of ether oxygens (including phenoxy) is 4. The van der Waals surface area contributed by atoms with Crippen LogP contribution in [-0.2, 0) is 9.59 Å². The van der Waals surface area contributed by atoms with E-state index >= 15 is 0 Å². The molecule has 2 aromatic rings. The normalized spacial score (nSPS) is 12.1. The molecule has 2 aromatic carbocycles. The maximum absolute atomic E-state index is 12.6. The summed E-state index contributed by atoms with van der Waals surface area (Å²) in [4.78, 5) is 25.2. The van der Waals surface area contributed by atoms with Gasteiger partial charge in [0.05, 0.1) is 37.6 Å². The van der Waals surface area contributed by atoms with E-state index in [1.165, 1.54) is 12.8 Å². The Morgan fingerprint density at radius 2 is 0.900 bits per heavy atom. The average molecular weight is 685 g/mol. The van der Waals surface area contributed by atoms with Gasteiger partial charge in [0, 0.05) is 10.8 Å². The highest BCUT2D eigenvalue weighted by Gasteiger charge is 2.26. The summed E-state index contributed by atoms with van der Waals surface area (Å²) in [5.74, 6) is 2.14.